The number of hydrogen-bond acceptors (Lipinski definition) is 2. The summed E-state index contributed by atoms with van der Waals surface area (Å²) in [5.74, 6) is -0.373. The van der Waals surface area contributed by atoms with Gasteiger partial charge in [0.1, 0.15) is 5.82 Å². The van der Waals surface area contributed by atoms with E-state index in [1.54, 1.807) is 7.05 Å². The lowest BCUT2D eigenvalue weighted by Gasteiger charge is -2.23. The van der Waals surface area contributed by atoms with Crippen molar-refractivity contribution in [3.63, 3.8) is 0 Å². The minimum atomic E-state index is -2.42. The van der Waals surface area contributed by atoms with Gasteiger partial charge in [-0.3, -0.25) is 0 Å². The Balaban J connectivity index is 2.95. The topological polar surface area (TPSA) is 29.3 Å². The highest BCUT2D eigenvalue weighted by molar-refractivity contribution is 5.53. The van der Waals surface area contributed by atoms with Crippen LogP contribution in [0.5, 0.6) is 0 Å². The Morgan fingerprint density at radius 3 is 2.56 bits per heavy atom. The summed E-state index contributed by atoms with van der Waals surface area (Å²) < 4.78 is 38.0. The number of benzene rings is 1. The van der Waals surface area contributed by atoms with Gasteiger partial charge in [0.15, 0.2) is 0 Å². The van der Waals surface area contributed by atoms with Gasteiger partial charge in [-0.1, -0.05) is 6.92 Å². The molecule has 0 amide bonds. The normalized spacial score (nSPS) is 12.8. The Morgan fingerprint density at radius 1 is 1.33 bits per heavy atom. The maximum absolute atomic E-state index is 13.2. The molecule has 0 bridgehead atoms. The minimum Gasteiger partial charge on any atom is -0.369 e. The summed E-state index contributed by atoms with van der Waals surface area (Å²) in [4.78, 5) is 1.43. The van der Waals surface area contributed by atoms with E-state index < -0.39 is 6.43 Å². The van der Waals surface area contributed by atoms with Gasteiger partial charge < -0.3 is 10.6 Å². The number of anilines is 1. The van der Waals surface area contributed by atoms with E-state index in [1.807, 2.05) is 6.92 Å². The van der Waals surface area contributed by atoms with E-state index in [-0.39, 0.29) is 18.4 Å². The summed E-state index contributed by atoms with van der Waals surface area (Å²) >= 11 is 0. The largest absolute Gasteiger partial charge is 0.369 e. The molecule has 0 spiro atoms. The molecule has 1 unspecified atom stereocenters. The molecule has 18 heavy (non-hydrogen) atoms. The van der Waals surface area contributed by atoms with Crippen LogP contribution < -0.4 is 10.6 Å². The first-order chi connectivity index (χ1) is 8.43. The number of halogens is 3. The lowest BCUT2D eigenvalue weighted by Crippen LogP contribution is -2.27. The Hall–Kier alpha value is -1.23. The van der Waals surface area contributed by atoms with Crippen LogP contribution in [-0.2, 0) is 6.42 Å². The summed E-state index contributed by atoms with van der Waals surface area (Å²) in [5.41, 5.74) is 7.12. The monoisotopic (exact) mass is 260 g/mol. The van der Waals surface area contributed by atoms with E-state index >= 15 is 0 Å². The zero-order chi connectivity index (χ0) is 13.7. The smallest absolute Gasteiger partial charge is 0.255 e. The molecule has 2 N–H and O–H groups in total. The van der Waals surface area contributed by atoms with Crippen molar-refractivity contribution in [2.24, 2.45) is 5.73 Å². The van der Waals surface area contributed by atoms with Gasteiger partial charge >= 0.3 is 0 Å². The molecular weight excluding hydrogens is 241 g/mol. The maximum Gasteiger partial charge on any atom is 0.255 e. The Labute approximate surface area is 106 Å². The van der Waals surface area contributed by atoms with Crippen molar-refractivity contribution in [3.8, 4) is 0 Å². The van der Waals surface area contributed by atoms with Crippen molar-refractivity contribution >= 4 is 5.69 Å². The number of nitrogens with zero attached hydrogens (tertiary/aromatic N) is 1. The van der Waals surface area contributed by atoms with E-state index in [9.17, 15) is 13.2 Å². The number of alkyl halides is 2. The fourth-order valence-electron chi connectivity index (χ4n) is 1.82. The van der Waals surface area contributed by atoms with Crippen molar-refractivity contribution in [2.45, 2.75) is 32.2 Å². The molecule has 1 atom stereocenters. The van der Waals surface area contributed by atoms with Gasteiger partial charge in [-0.05, 0) is 36.6 Å². The zero-order valence-electron chi connectivity index (χ0n) is 10.7. The molecule has 102 valence electrons. The summed E-state index contributed by atoms with van der Waals surface area (Å²) in [6, 6.07) is 4.08. The first-order valence-electron chi connectivity index (χ1n) is 5.97. The third-order valence-electron chi connectivity index (χ3n) is 2.87. The van der Waals surface area contributed by atoms with Gasteiger partial charge in [0.05, 0.1) is 6.54 Å². The van der Waals surface area contributed by atoms with Crippen LogP contribution in [-0.4, -0.2) is 26.1 Å². The average Bonchev–Trinajstić information content (AvgIpc) is 2.27. The fraction of sp³-hybridized carbons (Fsp3) is 0.538. The Bertz CT molecular complexity index is 382. The van der Waals surface area contributed by atoms with E-state index in [4.69, 9.17) is 5.73 Å². The van der Waals surface area contributed by atoms with Crippen LogP contribution in [0.25, 0.3) is 0 Å². The maximum atomic E-state index is 13.2. The SMILES string of the molecule is CCC(N)Cc1cc(F)ccc1N(C)CC(F)F. The third kappa shape index (κ3) is 4.22. The molecule has 0 aliphatic carbocycles. The van der Waals surface area contributed by atoms with Crippen LogP contribution >= 0.6 is 0 Å². The quantitative estimate of drug-likeness (QED) is 0.852. The molecule has 1 rings (SSSR count). The van der Waals surface area contributed by atoms with Gasteiger partial charge in [0, 0.05) is 18.8 Å². The molecule has 0 aromatic heterocycles. The standard InChI is InChI=1S/C13H19F3N2/c1-3-11(17)7-9-6-10(14)4-5-12(9)18(2)8-13(15)16/h4-6,11,13H,3,7-8,17H2,1-2H3. The number of rotatable bonds is 6. The molecular formula is C13H19F3N2. The summed E-state index contributed by atoms with van der Waals surface area (Å²) in [7, 11) is 1.57. The van der Waals surface area contributed by atoms with Gasteiger partial charge in [-0.25, -0.2) is 13.2 Å². The van der Waals surface area contributed by atoms with Crippen molar-refractivity contribution in [2.75, 3.05) is 18.5 Å². The van der Waals surface area contributed by atoms with Gasteiger partial charge in [0.2, 0.25) is 0 Å². The zero-order valence-corrected chi connectivity index (χ0v) is 10.7. The molecule has 0 radical (unpaired) electrons. The van der Waals surface area contributed by atoms with E-state index in [2.05, 4.69) is 0 Å². The van der Waals surface area contributed by atoms with Crippen LogP contribution in [0.1, 0.15) is 18.9 Å². The van der Waals surface area contributed by atoms with Crippen LogP contribution in [0.4, 0.5) is 18.9 Å². The molecule has 0 aliphatic rings. The van der Waals surface area contributed by atoms with Gasteiger partial charge in [-0.15, -0.1) is 0 Å². The van der Waals surface area contributed by atoms with Gasteiger partial charge in [-0.2, -0.15) is 0 Å². The predicted octanol–water partition coefficient (Wildman–Crippen LogP) is 2.81. The molecule has 0 saturated carbocycles. The molecule has 0 saturated heterocycles. The highest BCUT2D eigenvalue weighted by Gasteiger charge is 2.14. The lowest BCUT2D eigenvalue weighted by molar-refractivity contribution is 0.156. The van der Waals surface area contributed by atoms with Gasteiger partial charge in [0.25, 0.3) is 6.43 Å². The molecule has 0 heterocycles. The molecule has 0 aliphatic heterocycles. The molecule has 2 nitrogen and oxygen atoms in total. The van der Waals surface area contributed by atoms with E-state index in [0.29, 0.717) is 17.7 Å². The third-order valence-corrected chi connectivity index (χ3v) is 2.87. The highest BCUT2D eigenvalue weighted by atomic mass is 19.3. The molecule has 1 aromatic rings. The Kier molecular flexibility index (Phi) is 5.47. The van der Waals surface area contributed by atoms with Crippen molar-refractivity contribution < 1.29 is 13.2 Å². The summed E-state index contributed by atoms with van der Waals surface area (Å²) in [6.45, 7) is 1.56. The van der Waals surface area contributed by atoms with Crippen LogP contribution in [0.2, 0.25) is 0 Å². The average molecular weight is 260 g/mol. The van der Waals surface area contributed by atoms with Crippen LogP contribution in [0.3, 0.4) is 0 Å². The predicted molar refractivity (Wildman–Crippen MR) is 67.6 cm³/mol. The lowest BCUT2D eigenvalue weighted by atomic mass is 10.0. The molecule has 1 aromatic carbocycles. The second kappa shape index (κ2) is 6.64. The van der Waals surface area contributed by atoms with Crippen molar-refractivity contribution in [1.29, 1.82) is 0 Å². The van der Waals surface area contributed by atoms with Crippen LogP contribution in [0, 0.1) is 5.82 Å². The second-order valence-electron chi connectivity index (χ2n) is 4.42. The summed E-state index contributed by atoms with van der Waals surface area (Å²) in [5, 5.41) is 0. The summed E-state index contributed by atoms with van der Waals surface area (Å²) in [6.07, 6.45) is -1.18. The number of hydrogen-bond donors (Lipinski definition) is 1. The molecule has 5 heteroatoms. The fourth-order valence-corrected chi connectivity index (χ4v) is 1.82. The van der Waals surface area contributed by atoms with Crippen molar-refractivity contribution in [1.82, 2.24) is 0 Å². The highest BCUT2D eigenvalue weighted by Crippen LogP contribution is 2.23. The van der Waals surface area contributed by atoms with Crippen molar-refractivity contribution in [3.05, 3.63) is 29.6 Å². The van der Waals surface area contributed by atoms with E-state index in [1.165, 1.54) is 23.1 Å². The molecule has 0 fully saturated rings. The van der Waals surface area contributed by atoms with E-state index in [0.717, 1.165) is 6.42 Å². The van der Waals surface area contributed by atoms with Crippen LogP contribution in [0.15, 0.2) is 18.2 Å². The Morgan fingerprint density at radius 2 is 2.00 bits per heavy atom. The first kappa shape index (κ1) is 14.8. The second-order valence-corrected chi connectivity index (χ2v) is 4.42. The first-order valence-corrected chi connectivity index (χ1v) is 5.97. The number of nitrogens with two attached hydrogens (primary N) is 1. The minimum absolute atomic E-state index is 0.0921.